The molecule has 3 rings (SSSR count). The van der Waals surface area contributed by atoms with Crippen molar-refractivity contribution in [1.82, 2.24) is 14.8 Å². The zero-order valence-corrected chi connectivity index (χ0v) is 14.9. The highest BCUT2D eigenvalue weighted by molar-refractivity contribution is 7.10. The zero-order valence-electron chi connectivity index (χ0n) is 14.1. The van der Waals surface area contributed by atoms with E-state index in [1.807, 2.05) is 31.0 Å². The molecule has 0 unspecified atom stereocenters. The van der Waals surface area contributed by atoms with E-state index >= 15 is 0 Å². The molecule has 2 aromatic rings. The highest BCUT2D eigenvalue weighted by Gasteiger charge is 2.43. The molecule has 3 heterocycles. The highest BCUT2D eigenvalue weighted by atomic mass is 32.1. The van der Waals surface area contributed by atoms with Crippen LogP contribution in [0.3, 0.4) is 0 Å². The van der Waals surface area contributed by atoms with Gasteiger partial charge in [-0.3, -0.25) is 24.4 Å². The maximum absolute atomic E-state index is 12.8. The first kappa shape index (κ1) is 16.8. The van der Waals surface area contributed by atoms with E-state index in [2.05, 4.69) is 23.4 Å². The van der Waals surface area contributed by atoms with Crippen molar-refractivity contribution in [2.24, 2.45) is 0 Å². The summed E-state index contributed by atoms with van der Waals surface area (Å²) in [6, 6.07) is 5.11. The summed E-state index contributed by atoms with van der Waals surface area (Å²) in [5, 5.41) is 2.05. The SMILES string of the molecule is Cc1ccsc1CN(C)[C@@H]1CC(=O)N([C@@H](C)c2cccnc2)C1=O. The van der Waals surface area contributed by atoms with E-state index < -0.39 is 6.04 Å². The Hall–Kier alpha value is -2.05. The lowest BCUT2D eigenvalue weighted by Gasteiger charge is -2.26. The number of carbonyl (C=O) groups is 2. The van der Waals surface area contributed by atoms with Crippen molar-refractivity contribution >= 4 is 23.2 Å². The molecule has 0 bridgehead atoms. The van der Waals surface area contributed by atoms with Gasteiger partial charge >= 0.3 is 0 Å². The molecule has 0 N–H and O–H groups in total. The van der Waals surface area contributed by atoms with Gasteiger partial charge in [-0.25, -0.2) is 0 Å². The molecule has 6 heteroatoms. The van der Waals surface area contributed by atoms with E-state index in [-0.39, 0.29) is 24.3 Å². The van der Waals surface area contributed by atoms with Gasteiger partial charge in [0.05, 0.1) is 18.5 Å². The van der Waals surface area contributed by atoms with Gasteiger partial charge in [0, 0.05) is 23.8 Å². The van der Waals surface area contributed by atoms with Gasteiger partial charge in [-0.15, -0.1) is 11.3 Å². The number of pyridine rings is 1. The number of hydrogen-bond acceptors (Lipinski definition) is 5. The fourth-order valence-electron chi connectivity index (χ4n) is 3.06. The first-order chi connectivity index (χ1) is 11.5. The molecular weight excluding hydrogens is 322 g/mol. The standard InChI is InChI=1S/C18H21N3O2S/c1-12-6-8-24-16(12)11-20(3)15-9-17(22)21(18(15)23)13(2)14-5-4-7-19-10-14/h4-8,10,13,15H,9,11H2,1-3H3/t13-,15+/m0/s1. The number of aryl methyl sites for hydroxylation is 1. The molecule has 126 valence electrons. The van der Waals surface area contributed by atoms with Gasteiger partial charge in [0.2, 0.25) is 11.8 Å². The van der Waals surface area contributed by atoms with Crippen molar-refractivity contribution in [2.45, 2.75) is 38.9 Å². The molecule has 0 spiro atoms. The topological polar surface area (TPSA) is 53.5 Å². The summed E-state index contributed by atoms with van der Waals surface area (Å²) < 4.78 is 0. The number of thiophene rings is 1. The van der Waals surface area contributed by atoms with Gasteiger partial charge in [-0.2, -0.15) is 0 Å². The van der Waals surface area contributed by atoms with Crippen LogP contribution in [0, 0.1) is 6.92 Å². The Balaban J connectivity index is 1.75. The average molecular weight is 343 g/mol. The number of aromatic nitrogens is 1. The minimum atomic E-state index is -0.391. The lowest BCUT2D eigenvalue weighted by atomic mass is 10.1. The fourth-order valence-corrected chi connectivity index (χ4v) is 4.03. The largest absolute Gasteiger partial charge is 0.289 e. The maximum Gasteiger partial charge on any atom is 0.247 e. The van der Waals surface area contributed by atoms with Crippen LogP contribution >= 0.6 is 11.3 Å². The van der Waals surface area contributed by atoms with Crippen molar-refractivity contribution in [3.8, 4) is 0 Å². The molecule has 5 nitrogen and oxygen atoms in total. The lowest BCUT2D eigenvalue weighted by Crippen LogP contribution is -2.40. The van der Waals surface area contributed by atoms with Crippen LogP contribution in [0.5, 0.6) is 0 Å². The number of nitrogens with zero attached hydrogens (tertiary/aromatic N) is 3. The number of likely N-dealkylation sites (N-methyl/N-ethyl adjacent to an activating group) is 1. The van der Waals surface area contributed by atoms with Gasteiger partial charge in [0.1, 0.15) is 0 Å². The smallest absolute Gasteiger partial charge is 0.247 e. The Morgan fingerprint density at radius 1 is 1.42 bits per heavy atom. The van der Waals surface area contributed by atoms with Crippen LogP contribution in [0.15, 0.2) is 36.0 Å². The molecule has 0 aromatic carbocycles. The minimum Gasteiger partial charge on any atom is -0.289 e. The second-order valence-electron chi connectivity index (χ2n) is 6.23. The monoisotopic (exact) mass is 343 g/mol. The first-order valence-corrected chi connectivity index (χ1v) is 8.86. The lowest BCUT2D eigenvalue weighted by molar-refractivity contribution is -0.142. The highest BCUT2D eigenvalue weighted by Crippen LogP contribution is 2.29. The molecule has 0 radical (unpaired) electrons. The summed E-state index contributed by atoms with van der Waals surface area (Å²) in [6.07, 6.45) is 3.63. The molecule has 2 atom stereocenters. The van der Waals surface area contributed by atoms with E-state index in [4.69, 9.17) is 0 Å². The molecule has 2 amide bonds. The molecule has 0 aliphatic carbocycles. The van der Waals surface area contributed by atoms with Crippen molar-refractivity contribution < 1.29 is 9.59 Å². The number of carbonyl (C=O) groups excluding carboxylic acids is 2. The Labute approximate surface area is 145 Å². The summed E-state index contributed by atoms with van der Waals surface area (Å²) >= 11 is 1.68. The molecule has 1 aliphatic heterocycles. The van der Waals surface area contributed by atoms with Crippen LogP contribution in [0.25, 0.3) is 0 Å². The summed E-state index contributed by atoms with van der Waals surface area (Å²) in [7, 11) is 1.91. The predicted molar refractivity (Wildman–Crippen MR) is 93.4 cm³/mol. The third-order valence-corrected chi connectivity index (χ3v) is 5.61. The quantitative estimate of drug-likeness (QED) is 0.784. The second-order valence-corrected chi connectivity index (χ2v) is 7.23. The first-order valence-electron chi connectivity index (χ1n) is 7.98. The Bertz CT molecular complexity index is 744. The molecule has 0 saturated carbocycles. The predicted octanol–water partition coefficient (Wildman–Crippen LogP) is 2.77. The van der Waals surface area contributed by atoms with Crippen molar-refractivity contribution in [3.05, 3.63) is 52.0 Å². The fraction of sp³-hybridized carbons (Fsp3) is 0.389. The average Bonchev–Trinajstić information content (AvgIpc) is 3.11. The van der Waals surface area contributed by atoms with E-state index in [9.17, 15) is 9.59 Å². The third-order valence-electron chi connectivity index (χ3n) is 4.61. The normalized spacial score (nSPS) is 19.3. The van der Waals surface area contributed by atoms with Gasteiger partial charge < -0.3 is 0 Å². The van der Waals surface area contributed by atoms with E-state index in [0.29, 0.717) is 6.54 Å². The molecule has 1 saturated heterocycles. The summed E-state index contributed by atoms with van der Waals surface area (Å²) in [5.74, 6) is -0.232. The summed E-state index contributed by atoms with van der Waals surface area (Å²) in [4.78, 5) is 34.0. The van der Waals surface area contributed by atoms with Gasteiger partial charge in [0.15, 0.2) is 0 Å². The van der Waals surface area contributed by atoms with Crippen LogP contribution in [0.2, 0.25) is 0 Å². The number of rotatable bonds is 5. The summed E-state index contributed by atoms with van der Waals surface area (Å²) in [5.41, 5.74) is 2.10. The number of likely N-dealkylation sites (tertiary alicyclic amines) is 1. The van der Waals surface area contributed by atoms with Crippen LogP contribution in [0.4, 0.5) is 0 Å². The minimum absolute atomic E-state index is 0.115. The van der Waals surface area contributed by atoms with E-state index in [1.54, 1.807) is 23.7 Å². The Morgan fingerprint density at radius 2 is 2.21 bits per heavy atom. The third kappa shape index (κ3) is 3.12. The molecule has 1 aliphatic rings. The van der Waals surface area contributed by atoms with Crippen molar-refractivity contribution in [3.63, 3.8) is 0 Å². The van der Waals surface area contributed by atoms with E-state index in [1.165, 1.54) is 15.3 Å². The number of hydrogen-bond donors (Lipinski definition) is 0. The Morgan fingerprint density at radius 3 is 2.83 bits per heavy atom. The zero-order chi connectivity index (χ0) is 17.3. The van der Waals surface area contributed by atoms with Crippen molar-refractivity contribution in [2.75, 3.05) is 7.05 Å². The van der Waals surface area contributed by atoms with E-state index in [0.717, 1.165) is 5.56 Å². The van der Waals surface area contributed by atoms with Crippen LogP contribution in [0.1, 0.15) is 35.4 Å². The van der Waals surface area contributed by atoms with Gasteiger partial charge in [0.25, 0.3) is 0 Å². The summed E-state index contributed by atoms with van der Waals surface area (Å²) in [6.45, 7) is 4.62. The maximum atomic E-state index is 12.8. The molecular formula is C18H21N3O2S. The van der Waals surface area contributed by atoms with Gasteiger partial charge in [-0.1, -0.05) is 6.07 Å². The molecule has 24 heavy (non-hydrogen) atoms. The second kappa shape index (κ2) is 6.83. The van der Waals surface area contributed by atoms with Gasteiger partial charge in [-0.05, 0) is 49.5 Å². The molecule has 2 aromatic heterocycles. The van der Waals surface area contributed by atoms with Crippen molar-refractivity contribution in [1.29, 1.82) is 0 Å². The number of imide groups is 1. The van der Waals surface area contributed by atoms with Crippen LogP contribution in [-0.4, -0.2) is 39.7 Å². The van der Waals surface area contributed by atoms with Crippen LogP contribution in [-0.2, 0) is 16.1 Å². The van der Waals surface area contributed by atoms with Crippen LogP contribution < -0.4 is 0 Å². The molecule has 1 fully saturated rings. The number of amides is 2. The Kier molecular flexibility index (Phi) is 4.78.